The Morgan fingerprint density at radius 2 is 2.19 bits per heavy atom. The van der Waals surface area contributed by atoms with Crippen LogP contribution >= 0.6 is 11.3 Å². The number of carbonyl (C=O) groups is 1. The van der Waals surface area contributed by atoms with Gasteiger partial charge in [0.25, 0.3) is 0 Å². The predicted molar refractivity (Wildman–Crippen MR) is 88.1 cm³/mol. The van der Waals surface area contributed by atoms with Gasteiger partial charge in [-0.25, -0.2) is 0 Å². The van der Waals surface area contributed by atoms with Crippen molar-refractivity contribution in [2.45, 2.75) is 39.3 Å². The first-order valence-corrected chi connectivity index (χ1v) is 8.72. The number of nitrogens with zero attached hydrogens (tertiary/aromatic N) is 1. The number of nitrogens with one attached hydrogen (secondary N) is 1. The van der Waals surface area contributed by atoms with Crippen molar-refractivity contribution in [2.24, 2.45) is 17.6 Å². The van der Waals surface area contributed by atoms with E-state index in [9.17, 15) is 4.79 Å². The van der Waals surface area contributed by atoms with Crippen molar-refractivity contribution >= 4 is 17.2 Å². The Balaban J connectivity index is 1.66. The van der Waals surface area contributed by atoms with E-state index in [2.05, 4.69) is 27.7 Å². The molecule has 1 saturated heterocycles. The zero-order valence-corrected chi connectivity index (χ0v) is 13.9. The maximum atomic E-state index is 11.9. The van der Waals surface area contributed by atoms with Crippen LogP contribution in [0.5, 0.6) is 0 Å². The largest absolute Gasteiger partial charge is 0.356 e. The molecular formula is C16H27N3OS. The minimum atomic E-state index is -0.107. The van der Waals surface area contributed by atoms with E-state index in [-0.39, 0.29) is 17.9 Å². The van der Waals surface area contributed by atoms with E-state index < -0.39 is 0 Å². The Hall–Kier alpha value is -0.910. The van der Waals surface area contributed by atoms with Crippen molar-refractivity contribution in [1.82, 2.24) is 10.2 Å². The second kappa shape index (κ2) is 7.92. The lowest BCUT2D eigenvalue weighted by atomic mass is 9.96. The van der Waals surface area contributed by atoms with Crippen LogP contribution in [0.25, 0.3) is 0 Å². The Morgan fingerprint density at radius 1 is 1.48 bits per heavy atom. The van der Waals surface area contributed by atoms with E-state index in [0.717, 1.165) is 39.0 Å². The number of likely N-dealkylation sites (tertiary alicyclic amines) is 1. The van der Waals surface area contributed by atoms with Crippen LogP contribution in [0.1, 0.15) is 31.6 Å². The standard InChI is InChI=1S/C16H27N3OS/c1-12(13(2)17)16(20)18-10-14-5-7-19(8-6-14)11-15-4-3-9-21-15/h3-4,9,12-14H,5-8,10-11,17H2,1-2H3,(H,18,20). The molecule has 2 rings (SSSR count). The Labute approximate surface area is 131 Å². The van der Waals surface area contributed by atoms with E-state index in [1.165, 1.54) is 4.88 Å². The minimum absolute atomic E-state index is 0.0855. The molecule has 5 heteroatoms. The molecule has 118 valence electrons. The van der Waals surface area contributed by atoms with Gasteiger partial charge in [-0.05, 0) is 50.2 Å². The molecule has 1 aliphatic heterocycles. The van der Waals surface area contributed by atoms with Crippen LogP contribution in [0.4, 0.5) is 0 Å². The second-order valence-electron chi connectivity index (χ2n) is 6.19. The molecule has 2 unspecified atom stereocenters. The molecule has 1 amide bonds. The maximum absolute atomic E-state index is 11.9. The average Bonchev–Trinajstić information content (AvgIpc) is 2.98. The number of piperidine rings is 1. The zero-order chi connectivity index (χ0) is 15.2. The number of carbonyl (C=O) groups excluding carboxylic acids is 1. The van der Waals surface area contributed by atoms with Gasteiger partial charge in [0.1, 0.15) is 0 Å². The number of hydrogen-bond donors (Lipinski definition) is 2. The normalized spacial score (nSPS) is 20.1. The van der Waals surface area contributed by atoms with Crippen LogP contribution in [0, 0.1) is 11.8 Å². The van der Waals surface area contributed by atoms with E-state index in [0.29, 0.717) is 5.92 Å². The molecule has 21 heavy (non-hydrogen) atoms. The fraction of sp³-hybridized carbons (Fsp3) is 0.688. The van der Waals surface area contributed by atoms with Gasteiger partial charge in [-0.15, -0.1) is 11.3 Å². The van der Waals surface area contributed by atoms with Gasteiger partial charge >= 0.3 is 0 Å². The maximum Gasteiger partial charge on any atom is 0.224 e. The van der Waals surface area contributed by atoms with Crippen LogP contribution in [0.2, 0.25) is 0 Å². The molecule has 0 spiro atoms. The van der Waals surface area contributed by atoms with Crippen molar-refractivity contribution < 1.29 is 4.79 Å². The van der Waals surface area contributed by atoms with Crippen molar-refractivity contribution in [3.8, 4) is 0 Å². The topological polar surface area (TPSA) is 58.4 Å². The summed E-state index contributed by atoms with van der Waals surface area (Å²) in [4.78, 5) is 15.8. The summed E-state index contributed by atoms with van der Waals surface area (Å²) < 4.78 is 0. The van der Waals surface area contributed by atoms with Crippen molar-refractivity contribution in [3.05, 3.63) is 22.4 Å². The highest BCUT2D eigenvalue weighted by molar-refractivity contribution is 7.09. The lowest BCUT2D eigenvalue weighted by Gasteiger charge is -2.32. The summed E-state index contributed by atoms with van der Waals surface area (Å²) in [5.41, 5.74) is 5.76. The highest BCUT2D eigenvalue weighted by atomic mass is 32.1. The third kappa shape index (κ3) is 5.09. The molecule has 0 aliphatic carbocycles. The van der Waals surface area contributed by atoms with Crippen LogP contribution < -0.4 is 11.1 Å². The number of thiophene rings is 1. The average molecular weight is 309 g/mol. The quantitative estimate of drug-likeness (QED) is 0.845. The Kier molecular flexibility index (Phi) is 6.21. The summed E-state index contributed by atoms with van der Waals surface area (Å²) >= 11 is 1.83. The Bertz CT molecular complexity index is 425. The van der Waals surface area contributed by atoms with Gasteiger partial charge in [0.2, 0.25) is 5.91 Å². The van der Waals surface area contributed by atoms with Crippen molar-refractivity contribution in [3.63, 3.8) is 0 Å². The monoisotopic (exact) mass is 309 g/mol. The Morgan fingerprint density at radius 3 is 2.76 bits per heavy atom. The second-order valence-corrected chi connectivity index (χ2v) is 7.22. The first-order valence-electron chi connectivity index (χ1n) is 7.84. The molecule has 3 N–H and O–H groups in total. The molecule has 0 radical (unpaired) electrons. The molecule has 0 bridgehead atoms. The molecule has 2 heterocycles. The molecule has 1 fully saturated rings. The molecule has 0 saturated carbocycles. The number of rotatable bonds is 6. The molecule has 4 nitrogen and oxygen atoms in total. The molecule has 1 aromatic rings. The molecule has 1 aliphatic rings. The third-order valence-corrected chi connectivity index (χ3v) is 5.30. The minimum Gasteiger partial charge on any atom is -0.356 e. The van der Waals surface area contributed by atoms with Gasteiger partial charge in [0.05, 0.1) is 0 Å². The van der Waals surface area contributed by atoms with E-state index in [1.54, 1.807) is 0 Å². The summed E-state index contributed by atoms with van der Waals surface area (Å²) in [6.07, 6.45) is 2.33. The fourth-order valence-electron chi connectivity index (χ4n) is 2.62. The van der Waals surface area contributed by atoms with Crippen LogP contribution in [0.3, 0.4) is 0 Å². The first kappa shape index (κ1) is 16.5. The van der Waals surface area contributed by atoms with E-state index in [1.807, 2.05) is 25.2 Å². The molecule has 2 atom stereocenters. The smallest absolute Gasteiger partial charge is 0.224 e. The van der Waals surface area contributed by atoms with Gasteiger partial charge < -0.3 is 11.1 Å². The van der Waals surface area contributed by atoms with Gasteiger partial charge in [0, 0.05) is 29.9 Å². The summed E-state index contributed by atoms with van der Waals surface area (Å²) in [7, 11) is 0. The van der Waals surface area contributed by atoms with Crippen LogP contribution in [-0.4, -0.2) is 36.5 Å². The number of amides is 1. The lowest BCUT2D eigenvalue weighted by Crippen LogP contribution is -2.42. The van der Waals surface area contributed by atoms with Crippen LogP contribution in [0.15, 0.2) is 17.5 Å². The van der Waals surface area contributed by atoms with Crippen LogP contribution in [-0.2, 0) is 11.3 Å². The third-order valence-electron chi connectivity index (χ3n) is 4.43. The highest BCUT2D eigenvalue weighted by Crippen LogP contribution is 2.20. The molecule has 0 aromatic carbocycles. The lowest BCUT2D eigenvalue weighted by molar-refractivity contribution is -0.125. The summed E-state index contributed by atoms with van der Waals surface area (Å²) in [6.45, 7) is 7.89. The molecule has 1 aromatic heterocycles. The van der Waals surface area contributed by atoms with E-state index >= 15 is 0 Å². The van der Waals surface area contributed by atoms with E-state index in [4.69, 9.17) is 5.73 Å². The summed E-state index contributed by atoms with van der Waals surface area (Å²) in [5, 5.41) is 5.19. The summed E-state index contributed by atoms with van der Waals surface area (Å²) in [6, 6.07) is 4.23. The predicted octanol–water partition coefficient (Wildman–Crippen LogP) is 2.06. The van der Waals surface area contributed by atoms with Gasteiger partial charge in [-0.1, -0.05) is 13.0 Å². The van der Waals surface area contributed by atoms with Gasteiger partial charge in [-0.3, -0.25) is 9.69 Å². The zero-order valence-electron chi connectivity index (χ0n) is 13.0. The number of nitrogens with two attached hydrogens (primary N) is 1. The van der Waals surface area contributed by atoms with Gasteiger partial charge in [0.15, 0.2) is 0 Å². The summed E-state index contributed by atoms with van der Waals surface area (Å²) in [5.74, 6) is 0.587. The fourth-order valence-corrected chi connectivity index (χ4v) is 3.36. The van der Waals surface area contributed by atoms with Crippen molar-refractivity contribution in [2.75, 3.05) is 19.6 Å². The SMILES string of the molecule is CC(N)C(C)C(=O)NCC1CCN(Cc2cccs2)CC1. The first-order chi connectivity index (χ1) is 10.1. The number of hydrogen-bond acceptors (Lipinski definition) is 4. The highest BCUT2D eigenvalue weighted by Gasteiger charge is 2.22. The van der Waals surface area contributed by atoms with Crippen molar-refractivity contribution in [1.29, 1.82) is 0 Å². The molecular weight excluding hydrogens is 282 g/mol. The van der Waals surface area contributed by atoms with Gasteiger partial charge in [-0.2, -0.15) is 0 Å².